The lowest BCUT2D eigenvalue weighted by atomic mass is 10.2. The van der Waals surface area contributed by atoms with E-state index in [1.807, 2.05) is 26.1 Å². The first kappa shape index (κ1) is 14.7. The molecule has 0 amide bonds. The van der Waals surface area contributed by atoms with Gasteiger partial charge < -0.3 is 10.1 Å². The average molecular weight is 309 g/mol. The minimum absolute atomic E-state index is 0.372. The molecule has 0 radical (unpaired) electrons. The topological polar surface area (TPSA) is 56.1 Å². The number of aromatic nitrogens is 2. The van der Waals surface area contributed by atoms with Crippen LogP contribution < -0.4 is 5.32 Å². The van der Waals surface area contributed by atoms with Crippen LogP contribution in [0.25, 0.3) is 0 Å². The van der Waals surface area contributed by atoms with Crippen LogP contribution in [-0.4, -0.2) is 28.0 Å². The molecule has 0 aromatic carbocycles. The van der Waals surface area contributed by atoms with Gasteiger partial charge >= 0.3 is 5.97 Å². The fourth-order valence-corrected chi connectivity index (χ4v) is 2.90. The molecule has 5 nitrogen and oxygen atoms in total. The number of carbonyl (C=O) groups excluding carboxylic acids is 1. The highest BCUT2D eigenvalue weighted by Gasteiger charge is 2.17. The van der Waals surface area contributed by atoms with Crippen LogP contribution in [0, 0.1) is 6.92 Å². The van der Waals surface area contributed by atoms with E-state index in [9.17, 15) is 4.79 Å². The van der Waals surface area contributed by atoms with Crippen molar-refractivity contribution in [3.8, 4) is 0 Å². The van der Waals surface area contributed by atoms with Crippen molar-refractivity contribution in [2.45, 2.75) is 20.3 Å². The Labute approximate surface area is 126 Å². The summed E-state index contributed by atoms with van der Waals surface area (Å²) in [6.45, 7) is 3.97. The van der Waals surface area contributed by atoms with Gasteiger partial charge in [0.1, 0.15) is 5.00 Å². The standard InChI is InChI=1S/C13H15N3O2S2/c1-4-9-5-10(12(17)18-3)11(20-9)15-13(19)16-7-8(2)6-14-16/h5-7H,4H2,1-3H3,(H,15,19). The van der Waals surface area contributed by atoms with Crippen molar-refractivity contribution in [1.29, 1.82) is 0 Å². The number of ether oxygens (including phenoxy) is 1. The second-order valence-electron chi connectivity index (χ2n) is 4.19. The number of methoxy groups -OCH3 is 1. The number of nitrogens with zero attached hydrogens (tertiary/aromatic N) is 2. The lowest BCUT2D eigenvalue weighted by Gasteiger charge is -2.07. The highest BCUT2D eigenvalue weighted by atomic mass is 32.1. The third kappa shape index (κ3) is 3.05. The van der Waals surface area contributed by atoms with Gasteiger partial charge in [-0.2, -0.15) is 5.10 Å². The number of esters is 1. The van der Waals surface area contributed by atoms with Crippen LogP contribution in [0.3, 0.4) is 0 Å². The highest BCUT2D eigenvalue weighted by molar-refractivity contribution is 7.80. The second kappa shape index (κ2) is 6.15. The molecule has 20 heavy (non-hydrogen) atoms. The maximum atomic E-state index is 11.8. The minimum Gasteiger partial charge on any atom is -0.465 e. The second-order valence-corrected chi connectivity index (χ2v) is 5.72. The maximum absolute atomic E-state index is 11.8. The summed E-state index contributed by atoms with van der Waals surface area (Å²) in [4.78, 5) is 12.9. The molecule has 2 heterocycles. The van der Waals surface area contributed by atoms with Crippen LogP contribution in [0.5, 0.6) is 0 Å². The molecule has 7 heteroatoms. The number of aryl methyl sites for hydroxylation is 2. The maximum Gasteiger partial charge on any atom is 0.340 e. The highest BCUT2D eigenvalue weighted by Crippen LogP contribution is 2.29. The van der Waals surface area contributed by atoms with Crippen molar-refractivity contribution in [3.63, 3.8) is 0 Å². The molecule has 2 aromatic rings. The molecule has 106 valence electrons. The Morgan fingerprint density at radius 1 is 1.60 bits per heavy atom. The van der Waals surface area contributed by atoms with E-state index in [1.54, 1.807) is 10.9 Å². The summed E-state index contributed by atoms with van der Waals surface area (Å²) in [5.74, 6) is -0.372. The van der Waals surface area contributed by atoms with Crippen molar-refractivity contribution < 1.29 is 9.53 Å². The summed E-state index contributed by atoms with van der Waals surface area (Å²) in [5, 5.41) is 8.31. The van der Waals surface area contributed by atoms with Crippen LogP contribution >= 0.6 is 23.6 Å². The Kier molecular flexibility index (Phi) is 4.51. The number of thiophene rings is 1. The van der Waals surface area contributed by atoms with Gasteiger partial charge in [0.2, 0.25) is 0 Å². The summed E-state index contributed by atoms with van der Waals surface area (Å²) in [5.41, 5.74) is 1.52. The molecule has 1 N–H and O–H groups in total. The van der Waals surface area contributed by atoms with Crippen molar-refractivity contribution >= 4 is 39.6 Å². The zero-order valence-electron chi connectivity index (χ0n) is 11.5. The molecule has 0 atom stereocenters. The molecule has 0 saturated carbocycles. The van der Waals surface area contributed by atoms with Gasteiger partial charge in [-0.3, -0.25) is 0 Å². The van der Waals surface area contributed by atoms with E-state index in [0.29, 0.717) is 15.7 Å². The smallest absolute Gasteiger partial charge is 0.340 e. The Balaban J connectivity index is 2.26. The van der Waals surface area contributed by atoms with Gasteiger partial charge in [0.25, 0.3) is 0 Å². The number of carbonyl (C=O) groups is 1. The van der Waals surface area contributed by atoms with Crippen molar-refractivity contribution in [1.82, 2.24) is 9.78 Å². The van der Waals surface area contributed by atoms with Gasteiger partial charge in [-0.1, -0.05) is 6.92 Å². The molecule has 0 aliphatic heterocycles. The molecule has 0 aliphatic carbocycles. The van der Waals surface area contributed by atoms with Crippen LogP contribution in [0.4, 0.5) is 5.00 Å². The van der Waals surface area contributed by atoms with Crippen molar-refractivity contribution in [2.24, 2.45) is 0 Å². The largest absolute Gasteiger partial charge is 0.465 e. The minimum atomic E-state index is -0.372. The van der Waals surface area contributed by atoms with E-state index < -0.39 is 0 Å². The lowest BCUT2D eigenvalue weighted by molar-refractivity contribution is 0.0602. The summed E-state index contributed by atoms with van der Waals surface area (Å²) < 4.78 is 6.35. The Morgan fingerprint density at radius 3 is 2.90 bits per heavy atom. The average Bonchev–Trinajstić information content (AvgIpc) is 3.04. The van der Waals surface area contributed by atoms with Crippen LogP contribution in [-0.2, 0) is 11.2 Å². The summed E-state index contributed by atoms with van der Waals surface area (Å²) in [7, 11) is 1.37. The van der Waals surface area contributed by atoms with Gasteiger partial charge in [-0.05, 0) is 37.2 Å². The normalized spacial score (nSPS) is 10.3. The Morgan fingerprint density at radius 2 is 2.35 bits per heavy atom. The third-order valence-electron chi connectivity index (χ3n) is 2.68. The van der Waals surface area contributed by atoms with Gasteiger partial charge in [-0.15, -0.1) is 11.3 Å². The first-order chi connectivity index (χ1) is 9.55. The molecule has 0 saturated heterocycles. The lowest BCUT2D eigenvalue weighted by Crippen LogP contribution is -2.20. The number of nitrogens with one attached hydrogen (secondary N) is 1. The van der Waals surface area contributed by atoms with Gasteiger partial charge in [-0.25, -0.2) is 9.48 Å². The quantitative estimate of drug-likeness (QED) is 0.698. The van der Waals surface area contributed by atoms with Crippen LogP contribution in [0.1, 0.15) is 27.7 Å². The number of rotatable bonds is 3. The van der Waals surface area contributed by atoms with Crippen LogP contribution in [0.2, 0.25) is 0 Å². The van der Waals surface area contributed by atoms with Gasteiger partial charge in [0.05, 0.1) is 18.9 Å². The molecule has 2 aromatic heterocycles. The van der Waals surface area contributed by atoms with E-state index >= 15 is 0 Å². The summed E-state index contributed by atoms with van der Waals surface area (Å²) in [6.07, 6.45) is 4.40. The van der Waals surface area contributed by atoms with Gasteiger partial charge in [0, 0.05) is 11.1 Å². The SMILES string of the molecule is CCc1cc(C(=O)OC)c(NC(=S)n2cc(C)cn2)s1. The molecule has 0 spiro atoms. The number of thiocarbonyl (C=S) groups is 1. The van der Waals surface area contributed by atoms with E-state index in [1.165, 1.54) is 18.4 Å². The fourth-order valence-electron chi connectivity index (χ4n) is 1.65. The van der Waals surface area contributed by atoms with E-state index in [-0.39, 0.29) is 5.97 Å². The van der Waals surface area contributed by atoms with Crippen molar-refractivity contribution in [2.75, 3.05) is 12.4 Å². The zero-order valence-corrected chi connectivity index (χ0v) is 13.1. The van der Waals surface area contributed by atoms with E-state index in [0.717, 1.165) is 16.9 Å². The summed E-state index contributed by atoms with van der Waals surface area (Å²) >= 11 is 6.78. The number of hydrogen-bond donors (Lipinski definition) is 1. The van der Waals surface area contributed by atoms with Gasteiger partial charge in [0.15, 0.2) is 5.11 Å². The first-order valence-electron chi connectivity index (χ1n) is 6.08. The predicted octanol–water partition coefficient (Wildman–Crippen LogP) is 2.85. The molecular formula is C13H15N3O2S2. The molecular weight excluding hydrogens is 294 g/mol. The van der Waals surface area contributed by atoms with E-state index in [2.05, 4.69) is 10.4 Å². The fraction of sp³-hybridized carbons (Fsp3) is 0.308. The van der Waals surface area contributed by atoms with E-state index in [4.69, 9.17) is 17.0 Å². The van der Waals surface area contributed by atoms with Crippen LogP contribution in [0.15, 0.2) is 18.5 Å². The molecule has 0 bridgehead atoms. The number of hydrogen-bond acceptors (Lipinski definition) is 5. The predicted molar refractivity (Wildman–Crippen MR) is 83.6 cm³/mol. The molecule has 0 fully saturated rings. The summed E-state index contributed by atoms with van der Waals surface area (Å²) in [6, 6.07) is 1.83. The van der Waals surface area contributed by atoms with Crippen molar-refractivity contribution in [3.05, 3.63) is 34.5 Å². The monoisotopic (exact) mass is 309 g/mol. The zero-order chi connectivity index (χ0) is 14.7. The molecule has 0 unspecified atom stereocenters. The molecule has 2 rings (SSSR count). The first-order valence-corrected chi connectivity index (χ1v) is 7.31. The molecule has 0 aliphatic rings. The number of anilines is 1. The third-order valence-corrected chi connectivity index (χ3v) is 4.16. The Hall–Kier alpha value is -1.73. The Bertz CT molecular complexity index is 646.